The maximum atomic E-state index is 11.3. The average molecular weight is 251 g/mol. The van der Waals surface area contributed by atoms with Crippen molar-refractivity contribution in [1.29, 1.82) is 0 Å². The molecule has 18 heavy (non-hydrogen) atoms. The standard InChI is InChI=1S/C12H21N5O/c1-4-14-6-10-7-15-12(16-8-10)17(5-2)9-11(18)13-3/h7-8,14H,4-6,9H2,1-3H3,(H,13,18). The van der Waals surface area contributed by atoms with Crippen molar-refractivity contribution in [3.63, 3.8) is 0 Å². The van der Waals surface area contributed by atoms with Gasteiger partial charge in [0.25, 0.3) is 0 Å². The molecule has 6 heteroatoms. The van der Waals surface area contributed by atoms with Crippen LogP contribution in [0.5, 0.6) is 0 Å². The van der Waals surface area contributed by atoms with Crippen LogP contribution in [0.25, 0.3) is 0 Å². The Morgan fingerprint density at radius 3 is 2.50 bits per heavy atom. The average Bonchev–Trinajstić information content (AvgIpc) is 2.42. The highest BCUT2D eigenvalue weighted by Gasteiger charge is 2.10. The number of amides is 1. The number of carbonyl (C=O) groups is 1. The third kappa shape index (κ3) is 4.29. The maximum absolute atomic E-state index is 11.3. The van der Waals surface area contributed by atoms with E-state index in [-0.39, 0.29) is 12.5 Å². The Hall–Kier alpha value is -1.69. The van der Waals surface area contributed by atoms with E-state index >= 15 is 0 Å². The topological polar surface area (TPSA) is 70.2 Å². The summed E-state index contributed by atoms with van der Waals surface area (Å²) in [6.45, 7) is 6.67. The summed E-state index contributed by atoms with van der Waals surface area (Å²) in [6.07, 6.45) is 3.58. The van der Waals surface area contributed by atoms with Crippen molar-refractivity contribution in [2.45, 2.75) is 20.4 Å². The van der Waals surface area contributed by atoms with Gasteiger partial charge in [-0.25, -0.2) is 9.97 Å². The summed E-state index contributed by atoms with van der Waals surface area (Å²) in [6, 6.07) is 0. The number of hydrogen-bond donors (Lipinski definition) is 2. The molecule has 0 aromatic carbocycles. The molecule has 100 valence electrons. The van der Waals surface area contributed by atoms with Crippen molar-refractivity contribution in [3.05, 3.63) is 18.0 Å². The van der Waals surface area contributed by atoms with Gasteiger partial charge in [0.15, 0.2) is 0 Å². The van der Waals surface area contributed by atoms with Gasteiger partial charge in [-0.3, -0.25) is 4.79 Å². The summed E-state index contributed by atoms with van der Waals surface area (Å²) in [5.41, 5.74) is 1.04. The molecule has 1 rings (SSSR count). The predicted molar refractivity (Wildman–Crippen MR) is 71.4 cm³/mol. The summed E-state index contributed by atoms with van der Waals surface area (Å²) in [5, 5.41) is 5.80. The van der Waals surface area contributed by atoms with Crippen LogP contribution in [0.1, 0.15) is 19.4 Å². The minimum atomic E-state index is -0.0443. The molecular formula is C12H21N5O. The fourth-order valence-corrected chi connectivity index (χ4v) is 1.45. The highest BCUT2D eigenvalue weighted by atomic mass is 16.1. The van der Waals surface area contributed by atoms with E-state index in [2.05, 4.69) is 27.5 Å². The highest BCUT2D eigenvalue weighted by molar-refractivity contribution is 5.80. The van der Waals surface area contributed by atoms with Crippen molar-refractivity contribution >= 4 is 11.9 Å². The van der Waals surface area contributed by atoms with Crippen LogP contribution in [0.4, 0.5) is 5.95 Å². The molecule has 0 saturated carbocycles. The zero-order valence-corrected chi connectivity index (χ0v) is 11.2. The van der Waals surface area contributed by atoms with Crippen LogP contribution in [0.2, 0.25) is 0 Å². The lowest BCUT2D eigenvalue weighted by Crippen LogP contribution is -2.36. The van der Waals surface area contributed by atoms with Gasteiger partial charge in [-0.2, -0.15) is 0 Å². The molecule has 0 radical (unpaired) electrons. The fraction of sp³-hybridized carbons (Fsp3) is 0.583. The van der Waals surface area contributed by atoms with Crippen LogP contribution >= 0.6 is 0 Å². The van der Waals surface area contributed by atoms with Gasteiger partial charge in [0.1, 0.15) is 0 Å². The quantitative estimate of drug-likeness (QED) is 0.722. The summed E-state index contributed by atoms with van der Waals surface area (Å²) < 4.78 is 0. The summed E-state index contributed by atoms with van der Waals surface area (Å²) in [5.74, 6) is 0.540. The Labute approximate surface area is 108 Å². The van der Waals surface area contributed by atoms with Gasteiger partial charge in [-0.15, -0.1) is 0 Å². The molecule has 0 aliphatic heterocycles. The molecule has 0 saturated heterocycles. The number of anilines is 1. The third-order valence-corrected chi connectivity index (χ3v) is 2.55. The fourth-order valence-electron chi connectivity index (χ4n) is 1.45. The first-order chi connectivity index (χ1) is 8.71. The van der Waals surface area contributed by atoms with E-state index in [0.29, 0.717) is 12.5 Å². The molecule has 0 atom stereocenters. The minimum Gasteiger partial charge on any atom is -0.358 e. The van der Waals surface area contributed by atoms with E-state index in [1.807, 2.05) is 11.8 Å². The van der Waals surface area contributed by atoms with Gasteiger partial charge in [0.2, 0.25) is 11.9 Å². The monoisotopic (exact) mass is 251 g/mol. The molecule has 6 nitrogen and oxygen atoms in total. The molecule has 0 unspecified atom stereocenters. The number of aromatic nitrogens is 2. The zero-order valence-electron chi connectivity index (χ0n) is 11.2. The van der Waals surface area contributed by atoms with Gasteiger partial charge in [-0.1, -0.05) is 6.92 Å². The highest BCUT2D eigenvalue weighted by Crippen LogP contribution is 2.06. The number of rotatable bonds is 7. The normalized spacial score (nSPS) is 10.2. The molecular weight excluding hydrogens is 230 g/mol. The van der Waals surface area contributed by atoms with Crippen molar-refractivity contribution in [1.82, 2.24) is 20.6 Å². The van der Waals surface area contributed by atoms with Gasteiger partial charge < -0.3 is 15.5 Å². The molecule has 0 fully saturated rings. The first-order valence-corrected chi connectivity index (χ1v) is 6.18. The smallest absolute Gasteiger partial charge is 0.239 e. The Morgan fingerprint density at radius 2 is 2.00 bits per heavy atom. The zero-order chi connectivity index (χ0) is 13.4. The predicted octanol–water partition coefficient (Wildman–Crippen LogP) is 0.158. The lowest BCUT2D eigenvalue weighted by Gasteiger charge is -2.19. The van der Waals surface area contributed by atoms with Gasteiger partial charge in [-0.05, 0) is 13.5 Å². The Morgan fingerprint density at radius 1 is 1.33 bits per heavy atom. The number of carbonyl (C=O) groups excluding carboxylic acids is 1. The largest absolute Gasteiger partial charge is 0.358 e. The Balaban J connectivity index is 2.66. The molecule has 1 heterocycles. The molecule has 0 spiro atoms. The maximum Gasteiger partial charge on any atom is 0.239 e. The first-order valence-electron chi connectivity index (χ1n) is 6.18. The van der Waals surface area contributed by atoms with Crippen molar-refractivity contribution < 1.29 is 4.79 Å². The first kappa shape index (κ1) is 14.4. The van der Waals surface area contributed by atoms with Crippen molar-refractivity contribution in [3.8, 4) is 0 Å². The molecule has 0 bridgehead atoms. The minimum absolute atomic E-state index is 0.0443. The lowest BCUT2D eigenvalue weighted by atomic mass is 10.3. The lowest BCUT2D eigenvalue weighted by molar-refractivity contribution is -0.119. The van der Waals surface area contributed by atoms with E-state index in [9.17, 15) is 4.79 Å². The van der Waals surface area contributed by atoms with Crippen LogP contribution < -0.4 is 15.5 Å². The molecule has 2 N–H and O–H groups in total. The van der Waals surface area contributed by atoms with Crippen LogP contribution in [0.15, 0.2) is 12.4 Å². The summed E-state index contributed by atoms with van der Waals surface area (Å²) >= 11 is 0. The number of hydrogen-bond acceptors (Lipinski definition) is 5. The molecule has 1 aromatic rings. The summed E-state index contributed by atoms with van der Waals surface area (Å²) in [4.78, 5) is 21.7. The number of nitrogens with zero attached hydrogens (tertiary/aromatic N) is 3. The van der Waals surface area contributed by atoms with Crippen LogP contribution in [-0.4, -0.2) is 42.6 Å². The molecule has 1 aromatic heterocycles. The van der Waals surface area contributed by atoms with Crippen LogP contribution in [-0.2, 0) is 11.3 Å². The second-order valence-corrected chi connectivity index (χ2v) is 3.86. The van der Waals surface area contributed by atoms with Crippen molar-refractivity contribution in [2.75, 3.05) is 31.6 Å². The SMILES string of the molecule is CCNCc1cnc(N(CC)CC(=O)NC)nc1. The number of nitrogens with one attached hydrogen (secondary N) is 2. The molecule has 0 aliphatic carbocycles. The van der Waals surface area contributed by atoms with E-state index in [1.165, 1.54) is 0 Å². The third-order valence-electron chi connectivity index (χ3n) is 2.55. The molecule has 1 amide bonds. The van der Waals surface area contributed by atoms with E-state index in [0.717, 1.165) is 18.7 Å². The van der Waals surface area contributed by atoms with Crippen molar-refractivity contribution in [2.24, 2.45) is 0 Å². The molecule has 0 aliphatic rings. The summed E-state index contributed by atoms with van der Waals surface area (Å²) in [7, 11) is 1.62. The van der Waals surface area contributed by atoms with Gasteiger partial charge in [0.05, 0.1) is 6.54 Å². The number of likely N-dealkylation sites (N-methyl/N-ethyl adjacent to an activating group) is 2. The Bertz CT molecular complexity index is 365. The second-order valence-electron chi connectivity index (χ2n) is 3.86. The van der Waals surface area contributed by atoms with Crippen LogP contribution in [0.3, 0.4) is 0 Å². The van der Waals surface area contributed by atoms with E-state index < -0.39 is 0 Å². The van der Waals surface area contributed by atoms with E-state index in [4.69, 9.17) is 0 Å². The Kier molecular flexibility index (Phi) is 6.07. The second kappa shape index (κ2) is 7.60. The van der Waals surface area contributed by atoms with Gasteiger partial charge >= 0.3 is 0 Å². The van der Waals surface area contributed by atoms with Crippen LogP contribution in [0, 0.1) is 0 Å². The van der Waals surface area contributed by atoms with E-state index in [1.54, 1.807) is 19.4 Å². The van der Waals surface area contributed by atoms with Gasteiger partial charge in [0, 0.05) is 38.1 Å².